The number of hydrogen-bond acceptors (Lipinski definition) is 5. The van der Waals surface area contributed by atoms with Crippen molar-refractivity contribution in [3.05, 3.63) is 40.2 Å². The van der Waals surface area contributed by atoms with Gasteiger partial charge in [0.1, 0.15) is 6.10 Å². The van der Waals surface area contributed by atoms with Gasteiger partial charge in [-0.3, -0.25) is 4.79 Å². The van der Waals surface area contributed by atoms with Gasteiger partial charge in [-0.25, -0.2) is 0 Å². The smallest absolute Gasteiger partial charge is 0.233 e. The fourth-order valence-corrected chi connectivity index (χ4v) is 3.02. The number of amides is 1. The van der Waals surface area contributed by atoms with Crippen molar-refractivity contribution in [2.24, 2.45) is 0 Å². The predicted octanol–water partition coefficient (Wildman–Crippen LogP) is 2.07. The second-order valence-corrected chi connectivity index (χ2v) is 5.97. The minimum absolute atomic E-state index is 0.00781. The molecule has 0 aliphatic carbocycles. The van der Waals surface area contributed by atoms with Crippen LogP contribution in [0.2, 0.25) is 0 Å². The van der Waals surface area contributed by atoms with Crippen LogP contribution in [-0.2, 0) is 11.2 Å². The Balaban J connectivity index is 1.53. The van der Waals surface area contributed by atoms with Gasteiger partial charge in [0.25, 0.3) is 0 Å². The number of aryl methyl sites for hydroxylation is 1. The molecule has 0 N–H and O–H groups in total. The highest BCUT2D eigenvalue weighted by molar-refractivity contribution is 7.07. The molecule has 0 bridgehead atoms. The third-order valence-electron chi connectivity index (χ3n) is 3.49. The van der Waals surface area contributed by atoms with Crippen molar-refractivity contribution in [2.45, 2.75) is 25.9 Å². The van der Waals surface area contributed by atoms with Crippen molar-refractivity contribution in [1.29, 1.82) is 0 Å². The maximum absolute atomic E-state index is 12.2. The molecule has 2 aromatic rings. The van der Waals surface area contributed by atoms with Crippen LogP contribution in [0.5, 0.6) is 5.88 Å². The normalized spacial score (nSPS) is 18.0. The third kappa shape index (κ3) is 3.58. The molecule has 3 rings (SSSR count). The number of nitrogens with zero attached hydrogens (tertiary/aromatic N) is 3. The molecule has 1 atom stereocenters. The van der Waals surface area contributed by atoms with Gasteiger partial charge < -0.3 is 9.64 Å². The molecule has 0 spiro atoms. The van der Waals surface area contributed by atoms with E-state index in [1.807, 2.05) is 40.8 Å². The average Bonchev–Trinajstić information content (AvgIpc) is 3.13. The lowest BCUT2D eigenvalue weighted by atomic mass is 10.2. The van der Waals surface area contributed by atoms with Crippen LogP contribution in [0.1, 0.15) is 17.7 Å². The summed E-state index contributed by atoms with van der Waals surface area (Å²) in [7, 11) is 0. The molecule has 6 heteroatoms. The summed E-state index contributed by atoms with van der Waals surface area (Å²) in [5.41, 5.74) is 1.94. The zero-order valence-corrected chi connectivity index (χ0v) is 12.7. The highest BCUT2D eigenvalue weighted by Gasteiger charge is 2.27. The van der Waals surface area contributed by atoms with Crippen LogP contribution >= 0.6 is 11.3 Å². The average molecular weight is 303 g/mol. The Kier molecular flexibility index (Phi) is 4.15. The van der Waals surface area contributed by atoms with Gasteiger partial charge in [0.05, 0.1) is 18.7 Å². The highest BCUT2D eigenvalue weighted by atomic mass is 32.1. The van der Waals surface area contributed by atoms with E-state index in [1.165, 1.54) is 0 Å². The number of hydrogen-bond donors (Lipinski definition) is 0. The maximum Gasteiger partial charge on any atom is 0.233 e. The topological polar surface area (TPSA) is 55.3 Å². The molecule has 1 amide bonds. The third-order valence-corrected chi connectivity index (χ3v) is 4.23. The lowest BCUT2D eigenvalue weighted by Gasteiger charge is -2.16. The van der Waals surface area contributed by atoms with Crippen molar-refractivity contribution in [3.63, 3.8) is 0 Å². The quantitative estimate of drug-likeness (QED) is 0.867. The van der Waals surface area contributed by atoms with Crippen molar-refractivity contribution in [3.8, 4) is 5.88 Å². The lowest BCUT2D eigenvalue weighted by Crippen LogP contribution is -2.32. The molecule has 1 aliphatic heterocycles. The van der Waals surface area contributed by atoms with Gasteiger partial charge in [-0.1, -0.05) is 0 Å². The first-order valence-electron chi connectivity index (χ1n) is 6.96. The number of rotatable bonds is 4. The van der Waals surface area contributed by atoms with E-state index >= 15 is 0 Å². The minimum atomic E-state index is 0.00781. The zero-order chi connectivity index (χ0) is 14.7. The SMILES string of the molecule is Cc1ccc(O[C@H]2CCN(C(=O)Cc3ccsc3)C2)nn1. The van der Waals surface area contributed by atoms with E-state index in [-0.39, 0.29) is 12.0 Å². The van der Waals surface area contributed by atoms with E-state index < -0.39 is 0 Å². The molecular formula is C15H17N3O2S. The molecule has 0 unspecified atom stereocenters. The van der Waals surface area contributed by atoms with Gasteiger partial charge in [-0.2, -0.15) is 16.4 Å². The first-order valence-corrected chi connectivity index (χ1v) is 7.91. The van der Waals surface area contributed by atoms with Crippen LogP contribution in [0.15, 0.2) is 29.0 Å². The molecule has 2 aromatic heterocycles. The summed E-state index contributed by atoms with van der Waals surface area (Å²) in [4.78, 5) is 14.1. The Hall–Kier alpha value is -1.95. The highest BCUT2D eigenvalue weighted by Crippen LogP contribution is 2.17. The molecule has 5 nitrogen and oxygen atoms in total. The first kappa shape index (κ1) is 14.0. The molecule has 0 saturated carbocycles. The molecule has 1 aliphatic rings. The number of aromatic nitrogens is 2. The molecular weight excluding hydrogens is 286 g/mol. The fourth-order valence-electron chi connectivity index (χ4n) is 2.35. The maximum atomic E-state index is 12.2. The largest absolute Gasteiger partial charge is 0.471 e. The number of carbonyl (C=O) groups is 1. The van der Waals surface area contributed by atoms with Gasteiger partial charge in [0.15, 0.2) is 0 Å². The van der Waals surface area contributed by atoms with Crippen LogP contribution in [0.25, 0.3) is 0 Å². The second-order valence-electron chi connectivity index (χ2n) is 5.19. The molecule has 1 saturated heterocycles. The summed E-state index contributed by atoms with van der Waals surface area (Å²) in [6.45, 7) is 3.25. The fraction of sp³-hybridized carbons (Fsp3) is 0.400. The summed E-state index contributed by atoms with van der Waals surface area (Å²) in [6, 6.07) is 5.68. The lowest BCUT2D eigenvalue weighted by molar-refractivity contribution is -0.129. The molecule has 0 radical (unpaired) electrons. The van der Waals surface area contributed by atoms with E-state index in [4.69, 9.17) is 4.74 Å². The van der Waals surface area contributed by atoms with E-state index in [1.54, 1.807) is 11.3 Å². The van der Waals surface area contributed by atoms with Crippen LogP contribution in [0.4, 0.5) is 0 Å². The van der Waals surface area contributed by atoms with Crippen molar-refractivity contribution >= 4 is 17.2 Å². The summed E-state index contributed by atoms with van der Waals surface area (Å²) in [6.07, 6.45) is 1.32. The number of ether oxygens (including phenoxy) is 1. The molecule has 110 valence electrons. The van der Waals surface area contributed by atoms with E-state index in [2.05, 4.69) is 10.2 Å². The molecule has 0 aromatic carbocycles. The second kappa shape index (κ2) is 6.22. The molecule has 21 heavy (non-hydrogen) atoms. The van der Waals surface area contributed by atoms with Crippen molar-refractivity contribution in [2.75, 3.05) is 13.1 Å². The standard InChI is InChI=1S/C15H17N3O2S/c1-11-2-3-14(17-16-11)20-13-4-6-18(9-13)15(19)8-12-5-7-21-10-12/h2-3,5,7,10,13H,4,6,8-9H2,1H3/t13-/m0/s1. The van der Waals surface area contributed by atoms with Crippen LogP contribution < -0.4 is 4.74 Å². The number of thiophene rings is 1. The summed E-state index contributed by atoms with van der Waals surface area (Å²) in [5, 5.41) is 12.0. The van der Waals surface area contributed by atoms with Gasteiger partial charge in [-0.15, -0.1) is 5.10 Å². The van der Waals surface area contributed by atoms with Gasteiger partial charge in [-0.05, 0) is 35.4 Å². The van der Waals surface area contributed by atoms with Crippen LogP contribution in [-0.4, -0.2) is 40.2 Å². The Morgan fingerprint density at radius 1 is 1.43 bits per heavy atom. The van der Waals surface area contributed by atoms with Crippen LogP contribution in [0, 0.1) is 6.92 Å². The number of carbonyl (C=O) groups excluding carboxylic acids is 1. The Morgan fingerprint density at radius 3 is 3.05 bits per heavy atom. The monoisotopic (exact) mass is 303 g/mol. The van der Waals surface area contributed by atoms with Gasteiger partial charge in [0.2, 0.25) is 11.8 Å². The number of likely N-dealkylation sites (tertiary alicyclic amines) is 1. The van der Waals surface area contributed by atoms with Crippen molar-refractivity contribution < 1.29 is 9.53 Å². The van der Waals surface area contributed by atoms with Crippen LogP contribution in [0.3, 0.4) is 0 Å². The van der Waals surface area contributed by atoms with Gasteiger partial charge >= 0.3 is 0 Å². The molecule has 3 heterocycles. The predicted molar refractivity (Wildman–Crippen MR) is 80.4 cm³/mol. The Labute approximate surface area is 127 Å². The van der Waals surface area contributed by atoms with E-state index in [0.29, 0.717) is 18.8 Å². The minimum Gasteiger partial charge on any atom is -0.471 e. The van der Waals surface area contributed by atoms with Crippen molar-refractivity contribution in [1.82, 2.24) is 15.1 Å². The Morgan fingerprint density at radius 2 is 2.33 bits per heavy atom. The summed E-state index contributed by atoms with van der Waals surface area (Å²) in [5.74, 6) is 0.687. The summed E-state index contributed by atoms with van der Waals surface area (Å²) < 4.78 is 5.78. The zero-order valence-electron chi connectivity index (χ0n) is 11.9. The first-order chi connectivity index (χ1) is 10.2. The Bertz CT molecular complexity index is 598. The summed E-state index contributed by atoms with van der Waals surface area (Å²) >= 11 is 1.62. The van der Waals surface area contributed by atoms with Gasteiger partial charge in [0, 0.05) is 19.0 Å². The van der Waals surface area contributed by atoms with E-state index in [9.17, 15) is 4.79 Å². The van der Waals surface area contributed by atoms with E-state index in [0.717, 1.165) is 24.2 Å². The molecule has 1 fully saturated rings.